The fourth-order valence-corrected chi connectivity index (χ4v) is 3.59. The van der Waals surface area contributed by atoms with E-state index in [-0.39, 0.29) is 11.6 Å². The summed E-state index contributed by atoms with van der Waals surface area (Å²) in [6, 6.07) is 14.9. The number of halogens is 1. The number of benzene rings is 2. The maximum absolute atomic E-state index is 13.6. The van der Waals surface area contributed by atoms with Crippen LogP contribution in [0.2, 0.25) is 0 Å². The summed E-state index contributed by atoms with van der Waals surface area (Å²) in [5.41, 5.74) is 0.539. The van der Waals surface area contributed by atoms with Gasteiger partial charge in [0.1, 0.15) is 5.82 Å². The van der Waals surface area contributed by atoms with Gasteiger partial charge in [0.25, 0.3) is 0 Å². The Balaban J connectivity index is 1.77. The number of nitrogens with zero attached hydrogens (tertiary/aromatic N) is 1. The molecule has 0 aliphatic carbocycles. The molecular formula is C18H22FN3O2S. The van der Waals surface area contributed by atoms with Crippen LogP contribution < -0.4 is 10.6 Å². The first-order valence-corrected chi connectivity index (χ1v) is 9.64. The lowest BCUT2D eigenvalue weighted by Gasteiger charge is -2.12. The lowest BCUT2D eigenvalue weighted by atomic mass is 10.2. The normalized spacial score (nSPS) is 12.0. The minimum atomic E-state index is -3.28. The summed E-state index contributed by atoms with van der Waals surface area (Å²) in [5.74, 6) is 0.272. The quantitative estimate of drug-likeness (QED) is 0.450. The molecule has 25 heavy (non-hydrogen) atoms. The van der Waals surface area contributed by atoms with Gasteiger partial charge in [-0.1, -0.05) is 36.4 Å². The van der Waals surface area contributed by atoms with Gasteiger partial charge in [0.2, 0.25) is 0 Å². The smallest absolute Gasteiger partial charge is 0.191 e. The van der Waals surface area contributed by atoms with Crippen molar-refractivity contribution >= 4 is 15.8 Å². The van der Waals surface area contributed by atoms with E-state index in [1.165, 1.54) is 6.07 Å². The molecule has 0 aliphatic heterocycles. The van der Waals surface area contributed by atoms with Crippen LogP contribution in [-0.2, 0) is 16.4 Å². The molecule has 0 fully saturated rings. The van der Waals surface area contributed by atoms with Crippen LogP contribution in [0.3, 0.4) is 0 Å². The number of aliphatic imine (C=N–C) groups is 1. The Kier molecular flexibility index (Phi) is 6.94. The average molecular weight is 363 g/mol. The van der Waals surface area contributed by atoms with E-state index < -0.39 is 9.84 Å². The van der Waals surface area contributed by atoms with Gasteiger partial charge < -0.3 is 10.6 Å². The first kappa shape index (κ1) is 18.9. The highest BCUT2D eigenvalue weighted by Crippen LogP contribution is 2.10. The third-order valence-corrected chi connectivity index (χ3v) is 5.43. The maximum Gasteiger partial charge on any atom is 0.191 e. The number of sulfone groups is 1. The van der Waals surface area contributed by atoms with Crippen molar-refractivity contribution in [3.63, 3.8) is 0 Å². The zero-order valence-corrected chi connectivity index (χ0v) is 14.9. The van der Waals surface area contributed by atoms with Crippen molar-refractivity contribution in [2.75, 3.05) is 19.3 Å². The van der Waals surface area contributed by atoms with Gasteiger partial charge in [0.15, 0.2) is 15.8 Å². The average Bonchev–Trinajstić information content (AvgIpc) is 2.63. The standard InChI is InChI=1S/C18H22FN3O2S/c1-20-18(22-14-15-8-5-6-11-17(15)19)21-12-7-13-25(23,24)16-9-3-2-4-10-16/h2-6,8-11H,7,12-14H2,1H3,(H2,20,21,22). The highest BCUT2D eigenvalue weighted by molar-refractivity contribution is 7.91. The van der Waals surface area contributed by atoms with Crippen molar-refractivity contribution in [2.24, 2.45) is 4.99 Å². The van der Waals surface area contributed by atoms with E-state index >= 15 is 0 Å². The van der Waals surface area contributed by atoms with Crippen LogP contribution in [0.4, 0.5) is 4.39 Å². The second kappa shape index (κ2) is 9.17. The monoisotopic (exact) mass is 363 g/mol. The molecule has 0 bridgehead atoms. The van der Waals surface area contributed by atoms with Crippen LogP contribution in [0.5, 0.6) is 0 Å². The minimum Gasteiger partial charge on any atom is -0.356 e. The van der Waals surface area contributed by atoms with Crippen molar-refractivity contribution in [3.8, 4) is 0 Å². The molecule has 0 amide bonds. The van der Waals surface area contributed by atoms with Crippen molar-refractivity contribution in [1.82, 2.24) is 10.6 Å². The Hall–Kier alpha value is -2.41. The molecule has 7 heteroatoms. The second-order valence-corrected chi connectivity index (χ2v) is 7.54. The molecule has 0 atom stereocenters. The molecule has 0 spiro atoms. The van der Waals surface area contributed by atoms with Gasteiger partial charge in [-0.05, 0) is 24.6 Å². The highest BCUT2D eigenvalue weighted by Gasteiger charge is 2.13. The molecular weight excluding hydrogens is 341 g/mol. The Morgan fingerprint density at radius 2 is 1.72 bits per heavy atom. The third kappa shape index (κ3) is 5.86. The van der Waals surface area contributed by atoms with Gasteiger partial charge in [-0.2, -0.15) is 0 Å². The van der Waals surface area contributed by atoms with Crippen LogP contribution in [0.1, 0.15) is 12.0 Å². The minimum absolute atomic E-state index is 0.0499. The summed E-state index contributed by atoms with van der Waals surface area (Å²) >= 11 is 0. The summed E-state index contributed by atoms with van der Waals surface area (Å²) in [7, 11) is -1.67. The van der Waals surface area contributed by atoms with E-state index in [1.807, 2.05) is 0 Å². The summed E-state index contributed by atoms with van der Waals surface area (Å²) < 4.78 is 37.9. The van der Waals surface area contributed by atoms with E-state index in [0.717, 1.165) is 0 Å². The molecule has 0 aromatic heterocycles. The summed E-state index contributed by atoms with van der Waals surface area (Å²) in [5, 5.41) is 6.04. The SMILES string of the molecule is CN=C(NCCCS(=O)(=O)c1ccccc1)NCc1ccccc1F. The van der Waals surface area contributed by atoms with Crippen LogP contribution in [0, 0.1) is 5.82 Å². The van der Waals surface area contributed by atoms with Crippen LogP contribution in [0.25, 0.3) is 0 Å². The molecule has 0 heterocycles. The van der Waals surface area contributed by atoms with Gasteiger partial charge in [0, 0.05) is 25.7 Å². The molecule has 134 valence electrons. The zero-order chi connectivity index (χ0) is 18.1. The number of nitrogens with one attached hydrogen (secondary N) is 2. The maximum atomic E-state index is 13.6. The molecule has 2 N–H and O–H groups in total. The predicted octanol–water partition coefficient (Wildman–Crippen LogP) is 2.35. The third-order valence-electron chi connectivity index (χ3n) is 3.61. The second-order valence-electron chi connectivity index (χ2n) is 5.43. The van der Waals surface area contributed by atoms with Gasteiger partial charge in [-0.3, -0.25) is 4.99 Å². The number of rotatable bonds is 7. The van der Waals surface area contributed by atoms with E-state index in [0.29, 0.717) is 35.9 Å². The molecule has 0 unspecified atom stereocenters. The Morgan fingerprint density at radius 1 is 1.04 bits per heavy atom. The lowest BCUT2D eigenvalue weighted by molar-refractivity contribution is 0.592. The Labute approximate surface area is 147 Å². The molecule has 0 saturated heterocycles. The van der Waals surface area contributed by atoms with Gasteiger partial charge in [-0.25, -0.2) is 12.8 Å². The van der Waals surface area contributed by atoms with Crippen molar-refractivity contribution < 1.29 is 12.8 Å². The van der Waals surface area contributed by atoms with Crippen LogP contribution in [0.15, 0.2) is 64.5 Å². The van der Waals surface area contributed by atoms with Crippen molar-refractivity contribution in [1.29, 1.82) is 0 Å². The largest absolute Gasteiger partial charge is 0.356 e. The first-order valence-electron chi connectivity index (χ1n) is 7.98. The van der Waals surface area contributed by atoms with Crippen molar-refractivity contribution in [2.45, 2.75) is 17.9 Å². The van der Waals surface area contributed by atoms with E-state index in [4.69, 9.17) is 0 Å². The highest BCUT2D eigenvalue weighted by atomic mass is 32.2. The van der Waals surface area contributed by atoms with Crippen LogP contribution >= 0.6 is 0 Å². The summed E-state index contributed by atoms with van der Waals surface area (Å²) in [6.45, 7) is 0.748. The predicted molar refractivity (Wildman–Crippen MR) is 97.7 cm³/mol. The fourth-order valence-electron chi connectivity index (χ4n) is 2.26. The zero-order valence-electron chi connectivity index (χ0n) is 14.1. The molecule has 0 aliphatic rings. The van der Waals surface area contributed by atoms with E-state index in [1.54, 1.807) is 55.6 Å². The lowest BCUT2D eigenvalue weighted by Crippen LogP contribution is -2.37. The number of hydrogen-bond donors (Lipinski definition) is 2. The summed E-state index contributed by atoms with van der Waals surface area (Å²) in [4.78, 5) is 4.38. The number of guanidine groups is 1. The van der Waals surface area contributed by atoms with Crippen LogP contribution in [-0.4, -0.2) is 33.7 Å². The summed E-state index contributed by atoms with van der Waals surface area (Å²) in [6.07, 6.45) is 0.442. The first-order chi connectivity index (χ1) is 12.0. The molecule has 2 rings (SSSR count). The van der Waals surface area contributed by atoms with E-state index in [2.05, 4.69) is 15.6 Å². The van der Waals surface area contributed by atoms with Gasteiger partial charge >= 0.3 is 0 Å². The number of hydrogen-bond acceptors (Lipinski definition) is 3. The fraction of sp³-hybridized carbons (Fsp3) is 0.278. The van der Waals surface area contributed by atoms with E-state index in [9.17, 15) is 12.8 Å². The molecule has 0 saturated carbocycles. The Morgan fingerprint density at radius 3 is 2.40 bits per heavy atom. The molecule has 5 nitrogen and oxygen atoms in total. The molecule has 0 radical (unpaired) electrons. The molecule has 2 aromatic carbocycles. The molecule has 2 aromatic rings. The van der Waals surface area contributed by atoms with Crippen molar-refractivity contribution in [3.05, 3.63) is 66.0 Å². The van der Waals surface area contributed by atoms with Gasteiger partial charge in [0.05, 0.1) is 10.6 Å². The van der Waals surface area contributed by atoms with Gasteiger partial charge in [-0.15, -0.1) is 0 Å². The Bertz CT molecular complexity index is 808. The topological polar surface area (TPSA) is 70.6 Å².